The molecule has 134 valence electrons. The van der Waals surface area contributed by atoms with Gasteiger partial charge >= 0.3 is 6.18 Å². The van der Waals surface area contributed by atoms with Crippen molar-refractivity contribution in [2.75, 3.05) is 5.32 Å². The number of rotatable bonds is 4. The van der Waals surface area contributed by atoms with E-state index in [4.69, 9.17) is 16.3 Å². The van der Waals surface area contributed by atoms with Gasteiger partial charge in [0.05, 0.1) is 16.3 Å². The molecular formula is C18H17ClF3NO2. The molecule has 0 heterocycles. The Labute approximate surface area is 148 Å². The molecule has 3 nitrogen and oxygen atoms in total. The van der Waals surface area contributed by atoms with Crippen LogP contribution < -0.4 is 10.1 Å². The first kappa shape index (κ1) is 19.1. The number of halogens is 4. The lowest BCUT2D eigenvalue weighted by Gasteiger charge is -2.17. The Kier molecular flexibility index (Phi) is 5.62. The highest BCUT2D eigenvalue weighted by Crippen LogP contribution is 2.34. The fraction of sp³-hybridized carbons (Fsp3) is 0.278. The number of carbonyl (C=O) groups is 1. The third kappa shape index (κ3) is 4.89. The summed E-state index contributed by atoms with van der Waals surface area (Å²) in [4.78, 5) is 12.2. The third-order valence-corrected chi connectivity index (χ3v) is 3.88. The Morgan fingerprint density at radius 2 is 1.84 bits per heavy atom. The molecule has 0 saturated carbocycles. The predicted molar refractivity (Wildman–Crippen MR) is 91.1 cm³/mol. The summed E-state index contributed by atoms with van der Waals surface area (Å²) < 4.78 is 43.9. The van der Waals surface area contributed by atoms with Crippen molar-refractivity contribution in [3.63, 3.8) is 0 Å². The van der Waals surface area contributed by atoms with E-state index in [1.54, 1.807) is 6.07 Å². The number of ether oxygens (including phenoxy) is 1. The third-order valence-electron chi connectivity index (χ3n) is 3.55. The minimum Gasteiger partial charge on any atom is -0.481 e. The Balaban J connectivity index is 2.13. The Morgan fingerprint density at radius 3 is 2.44 bits per heavy atom. The van der Waals surface area contributed by atoms with E-state index in [9.17, 15) is 18.0 Å². The first-order chi connectivity index (χ1) is 11.6. The molecule has 2 aromatic carbocycles. The van der Waals surface area contributed by atoms with Gasteiger partial charge < -0.3 is 10.1 Å². The summed E-state index contributed by atoms with van der Waals surface area (Å²) >= 11 is 5.88. The molecule has 1 atom stereocenters. The first-order valence-corrected chi connectivity index (χ1v) is 7.87. The summed E-state index contributed by atoms with van der Waals surface area (Å²) in [6.07, 6.45) is -5.43. The number of hydrogen-bond acceptors (Lipinski definition) is 2. The van der Waals surface area contributed by atoms with Crippen LogP contribution in [0.3, 0.4) is 0 Å². The summed E-state index contributed by atoms with van der Waals surface area (Å²) in [5.41, 5.74) is 0.905. The number of anilines is 1. The van der Waals surface area contributed by atoms with Crippen molar-refractivity contribution >= 4 is 23.2 Å². The standard InChI is InChI=1S/C18H17ClF3NO2/c1-10-4-7-16(11(2)8-10)25-12(3)17(24)23-15-9-13(18(20,21)22)5-6-14(15)19/h4-9,12H,1-3H3,(H,23,24)/t12-/m1/s1. The van der Waals surface area contributed by atoms with Gasteiger partial charge in [0, 0.05) is 0 Å². The number of amides is 1. The van der Waals surface area contributed by atoms with E-state index >= 15 is 0 Å². The largest absolute Gasteiger partial charge is 0.481 e. The highest BCUT2D eigenvalue weighted by Gasteiger charge is 2.31. The summed E-state index contributed by atoms with van der Waals surface area (Å²) in [7, 11) is 0. The maximum Gasteiger partial charge on any atom is 0.416 e. The SMILES string of the molecule is Cc1ccc(O[C@H](C)C(=O)Nc2cc(C(F)(F)F)ccc2Cl)c(C)c1. The van der Waals surface area contributed by atoms with Gasteiger partial charge in [-0.1, -0.05) is 29.3 Å². The number of hydrogen-bond donors (Lipinski definition) is 1. The minimum absolute atomic E-state index is 0.0140. The van der Waals surface area contributed by atoms with Crippen molar-refractivity contribution in [2.45, 2.75) is 33.1 Å². The molecule has 0 saturated heterocycles. The quantitative estimate of drug-likeness (QED) is 0.783. The molecule has 1 amide bonds. The Hall–Kier alpha value is -2.21. The zero-order valence-electron chi connectivity index (χ0n) is 13.9. The van der Waals surface area contributed by atoms with Gasteiger partial charge in [-0.3, -0.25) is 4.79 Å². The van der Waals surface area contributed by atoms with Gasteiger partial charge in [-0.05, 0) is 50.6 Å². The maximum atomic E-state index is 12.8. The number of benzene rings is 2. The molecule has 0 aliphatic heterocycles. The molecular weight excluding hydrogens is 355 g/mol. The molecule has 0 aliphatic rings. The lowest BCUT2D eigenvalue weighted by Crippen LogP contribution is -2.30. The molecule has 0 bridgehead atoms. The van der Waals surface area contributed by atoms with Gasteiger partial charge in [-0.15, -0.1) is 0 Å². The second-order valence-electron chi connectivity index (χ2n) is 5.71. The molecule has 0 radical (unpaired) electrons. The van der Waals surface area contributed by atoms with Gasteiger partial charge in [0.1, 0.15) is 5.75 Å². The average molecular weight is 372 g/mol. The highest BCUT2D eigenvalue weighted by atomic mass is 35.5. The van der Waals surface area contributed by atoms with Crippen molar-refractivity contribution in [1.82, 2.24) is 0 Å². The normalized spacial score (nSPS) is 12.6. The topological polar surface area (TPSA) is 38.3 Å². The van der Waals surface area contributed by atoms with Crippen LogP contribution >= 0.6 is 11.6 Å². The Bertz CT molecular complexity index is 790. The molecule has 2 aromatic rings. The second-order valence-corrected chi connectivity index (χ2v) is 6.12. The van der Waals surface area contributed by atoms with Gasteiger partial charge in [-0.2, -0.15) is 13.2 Å². The second kappa shape index (κ2) is 7.35. The molecule has 0 fully saturated rings. The van der Waals surface area contributed by atoms with E-state index in [0.717, 1.165) is 29.3 Å². The van der Waals surface area contributed by atoms with Gasteiger partial charge in [0.15, 0.2) is 6.10 Å². The van der Waals surface area contributed by atoms with Crippen LogP contribution in [0.15, 0.2) is 36.4 Å². The van der Waals surface area contributed by atoms with E-state index < -0.39 is 23.8 Å². The summed E-state index contributed by atoms with van der Waals surface area (Å²) in [5.74, 6) is -0.0652. The average Bonchev–Trinajstić information content (AvgIpc) is 2.50. The van der Waals surface area contributed by atoms with E-state index in [2.05, 4.69) is 5.32 Å². The summed E-state index contributed by atoms with van der Waals surface area (Å²) in [6.45, 7) is 5.29. The number of aryl methyl sites for hydroxylation is 2. The van der Waals surface area contributed by atoms with E-state index in [-0.39, 0.29) is 10.7 Å². The summed E-state index contributed by atoms with van der Waals surface area (Å²) in [5, 5.41) is 2.39. The highest BCUT2D eigenvalue weighted by molar-refractivity contribution is 6.33. The van der Waals surface area contributed by atoms with Crippen LogP contribution in [-0.2, 0) is 11.0 Å². The van der Waals surface area contributed by atoms with Crippen molar-refractivity contribution < 1.29 is 22.7 Å². The van der Waals surface area contributed by atoms with E-state index in [1.165, 1.54) is 6.92 Å². The predicted octanol–water partition coefficient (Wildman–Crippen LogP) is 5.38. The van der Waals surface area contributed by atoms with E-state index in [1.807, 2.05) is 26.0 Å². The Morgan fingerprint density at radius 1 is 1.16 bits per heavy atom. The molecule has 7 heteroatoms. The first-order valence-electron chi connectivity index (χ1n) is 7.49. The van der Waals surface area contributed by atoms with Gasteiger partial charge in [0.2, 0.25) is 0 Å². The molecule has 0 unspecified atom stereocenters. The molecule has 0 aliphatic carbocycles. The molecule has 0 spiro atoms. The van der Waals surface area contributed by atoms with Crippen LogP contribution in [0.2, 0.25) is 5.02 Å². The van der Waals surface area contributed by atoms with Crippen LogP contribution in [0.25, 0.3) is 0 Å². The van der Waals surface area contributed by atoms with Crippen LogP contribution in [0.4, 0.5) is 18.9 Å². The van der Waals surface area contributed by atoms with Crippen molar-refractivity contribution in [3.8, 4) is 5.75 Å². The minimum atomic E-state index is -4.52. The zero-order valence-corrected chi connectivity index (χ0v) is 14.6. The van der Waals surface area contributed by atoms with E-state index in [0.29, 0.717) is 5.75 Å². The van der Waals surface area contributed by atoms with Crippen molar-refractivity contribution in [2.24, 2.45) is 0 Å². The maximum absolute atomic E-state index is 12.8. The lowest BCUT2D eigenvalue weighted by molar-refractivity contribution is -0.137. The molecule has 2 rings (SSSR count). The van der Waals surface area contributed by atoms with Crippen LogP contribution in [0, 0.1) is 13.8 Å². The molecule has 25 heavy (non-hydrogen) atoms. The monoisotopic (exact) mass is 371 g/mol. The van der Waals surface area contributed by atoms with Crippen molar-refractivity contribution in [3.05, 3.63) is 58.1 Å². The summed E-state index contributed by atoms with van der Waals surface area (Å²) in [6, 6.07) is 8.24. The smallest absolute Gasteiger partial charge is 0.416 e. The molecule has 0 aromatic heterocycles. The van der Waals surface area contributed by atoms with Crippen LogP contribution in [0.5, 0.6) is 5.75 Å². The van der Waals surface area contributed by atoms with Crippen LogP contribution in [-0.4, -0.2) is 12.0 Å². The number of carbonyl (C=O) groups excluding carboxylic acids is 1. The molecule has 1 N–H and O–H groups in total. The van der Waals surface area contributed by atoms with Crippen molar-refractivity contribution in [1.29, 1.82) is 0 Å². The van der Waals surface area contributed by atoms with Crippen LogP contribution in [0.1, 0.15) is 23.6 Å². The van der Waals surface area contributed by atoms with Gasteiger partial charge in [-0.25, -0.2) is 0 Å². The number of alkyl halides is 3. The lowest BCUT2D eigenvalue weighted by atomic mass is 10.1. The van der Waals surface area contributed by atoms with Gasteiger partial charge in [0.25, 0.3) is 5.91 Å². The zero-order chi connectivity index (χ0) is 18.8. The fourth-order valence-corrected chi connectivity index (χ4v) is 2.37. The fourth-order valence-electron chi connectivity index (χ4n) is 2.21. The number of nitrogens with one attached hydrogen (secondary N) is 1.